The van der Waals surface area contributed by atoms with E-state index in [-0.39, 0.29) is 17.2 Å². The number of anilines is 1. The summed E-state index contributed by atoms with van der Waals surface area (Å²) < 4.78 is 1.83. The second-order valence-electron chi connectivity index (χ2n) is 4.70. The minimum Gasteiger partial charge on any atom is -0.310 e. The van der Waals surface area contributed by atoms with E-state index in [1.165, 1.54) is 11.8 Å². The zero-order valence-corrected chi connectivity index (χ0v) is 13.2. The van der Waals surface area contributed by atoms with Gasteiger partial charge in [0.15, 0.2) is 5.16 Å². The number of nitrogens with one attached hydrogen (secondary N) is 1. The Bertz CT molecular complexity index is 586. The summed E-state index contributed by atoms with van der Waals surface area (Å²) in [5.74, 6) is 0.633. The molecule has 0 spiro atoms. The van der Waals surface area contributed by atoms with Gasteiger partial charge in [-0.05, 0) is 26.3 Å². The minimum absolute atomic E-state index is 0.0856. The molecule has 0 aliphatic rings. The third-order valence-corrected chi connectivity index (χ3v) is 4.11. The highest BCUT2D eigenvalue weighted by Gasteiger charge is 2.18. The summed E-state index contributed by atoms with van der Waals surface area (Å²) in [6.07, 6.45) is 5.97. The quantitative estimate of drug-likeness (QED) is 0.656. The Morgan fingerprint density at radius 3 is 2.71 bits per heavy atom. The van der Waals surface area contributed by atoms with Crippen molar-refractivity contribution in [3.63, 3.8) is 0 Å². The Hall–Kier alpha value is -1.89. The van der Waals surface area contributed by atoms with Crippen LogP contribution in [0, 0.1) is 0 Å². The molecule has 7 heteroatoms. The van der Waals surface area contributed by atoms with Gasteiger partial charge in [0.1, 0.15) is 5.82 Å². The van der Waals surface area contributed by atoms with Crippen LogP contribution in [-0.2, 0) is 4.79 Å². The predicted molar refractivity (Wildman–Crippen MR) is 83.2 cm³/mol. The Labute approximate surface area is 128 Å². The van der Waals surface area contributed by atoms with E-state index in [4.69, 9.17) is 0 Å². The van der Waals surface area contributed by atoms with E-state index in [9.17, 15) is 4.79 Å². The third-order valence-electron chi connectivity index (χ3n) is 3.12. The van der Waals surface area contributed by atoms with E-state index in [2.05, 4.69) is 34.2 Å². The van der Waals surface area contributed by atoms with Crippen molar-refractivity contribution in [3.8, 4) is 0 Å². The van der Waals surface area contributed by atoms with Crippen molar-refractivity contribution >= 4 is 23.5 Å². The van der Waals surface area contributed by atoms with Gasteiger partial charge >= 0.3 is 0 Å². The lowest BCUT2D eigenvalue weighted by molar-refractivity contribution is -0.115. The summed E-state index contributed by atoms with van der Waals surface area (Å²) in [6.45, 7) is 5.99. The summed E-state index contributed by atoms with van der Waals surface area (Å²) in [5.41, 5.74) is 0. The normalized spacial score (nSPS) is 13.7. The fourth-order valence-corrected chi connectivity index (χ4v) is 2.45. The van der Waals surface area contributed by atoms with Crippen molar-refractivity contribution in [1.29, 1.82) is 0 Å². The van der Waals surface area contributed by atoms with Crippen LogP contribution in [0.5, 0.6) is 0 Å². The van der Waals surface area contributed by atoms with Gasteiger partial charge in [-0.2, -0.15) is 5.10 Å². The molecule has 0 fully saturated rings. The van der Waals surface area contributed by atoms with Crippen molar-refractivity contribution < 1.29 is 4.79 Å². The Morgan fingerprint density at radius 1 is 1.33 bits per heavy atom. The fourth-order valence-electron chi connectivity index (χ4n) is 1.72. The summed E-state index contributed by atoms with van der Waals surface area (Å²) in [7, 11) is 0. The maximum absolute atomic E-state index is 12.2. The number of amides is 1. The highest BCUT2D eigenvalue weighted by Crippen LogP contribution is 2.21. The van der Waals surface area contributed by atoms with Crippen molar-refractivity contribution in [2.24, 2.45) is 0 Å². The van der Waals surface area contributed by atoms with Crippen molar-refractivity contribution in [1.82, 2.24) is 19.7 Å². The molecule has 0 unspecified atom stereocenters. The van der Waals surface area contributed by atoms with Gasteiger partial charge in [0.05, 0.1) is 17.5 Å². The van der Waals surface area contributed by atoms with Gasteiger partial charge in [-0.25, -0.2) is 14.6 Å². The molecule has 0 radical (unpaired) electrons. The molecule has 0 aliphatic heterocycles. The molecule has 1 amide bonds. The molecular formula is C14H19N5OS. The average Bonchev–Trinajstić information content (AvgIpc) is 2.95. The van der Waals surface area contributed by atoms with Crippen LogP contribution in [0.1, 0.15) is 33.2 Å². The third kappa shape index (κ3) is 4.04. The number of carbonyl (C=O) groups excluding carboxylic acids is 1. The molecule has 0 saturated carbocycles. The molecule has 0 aromatic carbocycles. The molecule has 0 bridgehead atoms. The van der Waals surface area contributed by atoms with Crippen LogP contribution >= 0.6 is 11.8 Å². The lowest BCUT2D eigenvalue weighted by atomic mass is 10.3. The average molecular weight is 305 g/mol. The standard InChI is InChI=1S/C14H19N5OS/c1-4-10(2)19-12(6-9-17-19)18-13(20)11(3)21-14-15-7-5-8-16-14/h5-11H,4H2,1-3H3,(H,18,20)/t10-,11+/m1/s1. The van der Waals surface area contributed by atoms with E-state index in [0.717, 1.165) is 12.2 Å². The second-order valence-corrected chi connectivity index (χ2v) is 6.01. The van der Waals surface area contributed by atoms with E-state index >= 15 is 0 Å². The maximum atomic E-state index is 12.2. The van der Waals surface area contributed by atoms with Crippen LogP contribution in [0.15, 0.2) is 35.9 Å². The molecule has 2 atom stereocenters. The van der Waals surface area contributed by atoms with Crippen LogP contribution in [0.2, 0.25) is 0 Å². The van der Waals surface area contributed by atoms with Gasteiger partial charge in [-0.1, -0.05) is 18.7 Å². The number of carbonyl (C=O) groups is 1. The van der Waals surface area contributed by atoms with Crippen molar-refractivity contribution in [2.75, 3.05) is 5.32 Å². The van der Waals surface area contributed by atoms with Crippen LogP contribution in [-0.4, -0.2) is 30.9 Å². The van der Waals surface area contributed by atoms with Crippen LogP contribution < -0.4 is 5.32 Å². The van der Waals surface area contributed by atoms with Gasteiger partial charge in [0, 0.05) is 18.5 Å². The first-order valence-electron chi connectivity index (χ1n) is 6.89. The Balaban J connectivity index is 2.00. The largest absolute Gasteiger partial charge is 0.310 e. The smallest absolute Gasteiger partial charge is 0.238 e. The molecule has 2 heterocycles. The van der Waals surface area contributed by atoms with Gasteiger partial charge < -0.3 is 5.32 Å². The topological polar surface area (TPSA) is 72.7 Å². The lowest BCUT2D eigenvalue weighted by Crippen LogP contribution is -2.25. The first-order chi connectivity index (χ1) is 10.1. The number of thioether (sulfide) groups is 1. The highest BCUT2D eigenvalue weighted by molar-refractivity contribution is 8.00. The fraction of sp³-hybridized carbons (Fsp3) is 0.429. The molecule has 2 aromatic rings. The first-order valence-corrected chi connectivity index (χ1v) is 7.77. The molecule has 112 valence electrons. The molecular weight excluding hydrogens is 286 g/mol. The van der Waals surface area contributed by atoms with Crippen molar-refractivity contribution in [2.45, 2.75) is 43.6 Å². The summed E-state index contributed by atoms with van der Waals surface area (Å²) in [5, 5.41) is 7.47. The van der Waals surface area contributed by atoms with E-state index in [1.807, 2.05) is 11.6 Å². The lowest BCUT2D eigenvalue weighted by Gasteiger charge is -2.16. The molecule has 0 aliphatic carbocycles. The molecule has 6 nitrogen and oxygen atoms in total. The van der Waals surface area contributed by atoms with Gasteiger partial charge in [-0.15, -0.1) is 0 Å². The Morgan fingerprint density at radius 2 is 2.05 bits per heavy atom. The SMILES string of the molecule is CC[C@@H](C)n1nccc1NC(=O)[C@H](C)Sc1ncccn1. The minimum atomic E-state index is -0.285. The van der Waals surface area contributed by atoms with Crippen LogP contribution in [0.4, 0.5) is 5.82 Å². The van der Waals surface area contributed by atoms with Gasteiger partial charge in [0.25, 0.3) is 0 Å². The molecule has 21 heavy (non-hydrogen) atoms. The van der Waals surface area contributed by atoms with Gasteiger partial charge in [-0.3, -0.25) is 4.79 Å². The van der Waals surface area contributed by atoms with Crippen LogP contribution in [0.25, 0.3) is 0 Å². The summed E-state index contributed by atoms with van der Waals surface area (Å²) in [6, 6.07) is 3.80. The van der Waals surface area contributed by atoms with E-state index in [0.29, 0.717) is 5.16 Å². The summed E-state index contributed by atoms with van der Waals surface area (Å²) in [4.78, 5) is 20.5. The Kier molecular flexibility index (Phi) is 5.32. The molecule has 2 rings (SSSR count). The number of aromatic nitrogens is 4. The van der Waals surface area contributed by atoms with E-state index in [1.54, 1.807) is 30.7 Å². The molecule has 1 N–H and O–H groups in total. The zero-order valence-electron chi connectivity index (χ0n) is 12.4. The molecule has 2 aromatic heterocycles. The van der Waals surface area contributed by atoms with Gasteiger partial charge in [0.2, 0.25) is 5.91 Å². The number of hydrogen-bond donors (Lipinski definition) is 1. The summed E-state index contributed by atoms with van der Waals surface area (Å²) >= 11 is 1.33. The second kappa shape index (κ2) is 7.21. The number of hydrogen-bond acceptors (Lipinski definition) is 5. The highest BCUT2D eigenvalue weighted by atomic mass is 32.2. The first kappa shape index (κ1) is 15.5. The monoisotopic (exact) mass is 305 g/mol. The van der Waals surface area contributed by atoms with E-state index < -0.39 is 0 Å². The number of nitrogens with zero attached hydrogens (tertiary/aromatic N) is 4. The molecule has 0 saturated heterocycles. The number of rotatable bonds is 6. The predicted octanol–water partition coefficient (Wildman–Crippen LogP) is 2.76. The van der Waals surface area contributed by atoms with Crippen LogP contribution in [0.3, 0.4) is 0 Å². The maximum Gasteiger partial charge on any atom is 0.238 e. The van der Waals surface area contributed by atoms with Crippen molar-refractivity contribution in [3.05, 3.63) is 30.7 Å². The zero-order chi connectivity index (χ0) is 15.2.